The summed E-state index contributed by atoms with van der Waals surface area (Å²) in [5.74, 6) is -2.19. The van der Waals surface area contributed by atoms with Crippen LogP contribution < -0.4 is 0 Å². The number of aromatic nitrogens is 5. The van der Waals surface area contributed by atoms with Gasteiger partial charge in [0.05, 0.1) is 84.0 Å². The van der Waals surface area contributed by atoms with E-state index in [-0.39, 0.29) is 88.4 Å². The van der Waals surface area contributed by atoms with Gasteiger partial charge in [0.15, 0.2) is 17.5 Å². The summed E-state index contributed by atoms with van der Waals surface area (Å²) in [6.45, 7) is 0. The summed E-state index contributed by atoms with van der Waals surface area (Å²) in [6.07, 6.45) is 0. The Balaban J connectivity index is 1.15. The highest BCUT2D eigenvalue weighted by molar-refractivity contribution is 6.26. The van der Waals surface area contributed by atoms with Crippen molar-refractivity contribution < 1.29 is 43.1 Å². The predicted molar refractivity (Wildman–Crippen MR) is 340 cm³/mol. The smallest absolute Gasteiger partial charge is 0.166 e. The molecule has 0 unspecified atom stereocenters. The lowest BCUT2D eigenvalue weighted by Gasteiger charge is -2.24. The fourth-order valence-electron chi connectivity index (χ4n) is 11.6. The van der Waals surface area contributed by atoms with Gasteiger partial charge in [-0.1, -0.05) is 200 Å². The van der Waals surface area contributed by atoms with Crippen LogP contribution in [0.2, 0.25) is 0 Å². The van der Waals surface area contributed by atoms with Crippen molar-refractivity contribution in [1.82, 2.24) is 24.1 Å². The molecule has 17 rings (SSSR count). The van der Waals surface area contributed by atoms with Crippen molar-refractivity contribution >= 4 is 87.5 Å². The molecule has 0 fully saturated rings. The average Bonchev–Trinajstić information content (AvgIpc) is 1.58. The molecule has 0 saturated carbocycles. The lowest BCUT2D eigenvalue weighted by Crippen LogP contribution is -2.10. The van der Waals surface area contributed by atoms with E-state index in [0.717, 1.165) is 0 Å². The second-order valence-electron chi connectivity index (χ2n) is 19.5. The van der Waals surface area contributed by atoms with Crippen LogP contribution in [0.3, 0.4) is 0 Å². The molecule has 0 radical (unpaired) electrons. The van der Waals surface area contributed by atoms with E-state index >= 15 is 0 Å². The van der Waals surface area contributed by atoms with Crippen molar-refractivity contribution in [2.24, 2.45) is 0 Å². The van der Waals surface area contributed by atoms with Gasteiger partial charge >= 0.3 is 0 Å². The molecule has 5 aromatic heterocycles. The van der Waals surface area contributed by atoms with Crippen molar-refractivity contribution in [3.63, 3.8) is 0 Å². The molecule has 8 heteroatoms. The van der Waals surface area contributed by atoms with Gasteiger partial charge in [-0.25, -0.2) is 15.0 Å². The Morgan fingerprint density at radius 1 is 0.357 bits per heavy atom. The quantitative estimate of drug-likeness (QED) is 0.150. The van der Waals surface area contributed by atoms with E-state index in [9.17, 15) is 21.7 Å². The lowest BCUT2D eigenvalue weighted by molar-refractivity contribution is 0.672. The summed E-state index contributed by atoms with van der Waals surface area (Å²) in [7, 11) is 0. The van der Waals surface area contributed by atoms with Crippen LogP contribution in [0.15, 0.2) is 275 Å². The fraction of sp³-hybridized carbons (Fsp3) is 0. The first-order valence-corrected chi connectivity index (χ1v) is 26.0. The highest BCUT2D eigenvalue weighted by Gasteiger charge is 2.31. The molecule has 390 valence electrons. The standard InChI is InChI=1S/C76H44N6O2/c77-45-53-44-60(76-79-74(49-26-12-4-13-27-49)78-75(80-76)50-28-14-5-15-29-50)71(82-62-39-35-52(47-22-8-2-9-23-47)43-59(62)69-64(82)41-37-57-55-31-17-19-33-66(55)84-73(57)69)67(48-24-10-3-11-25-48)70(53)81-61-38-34-51(46-20-6-1-7-21-46)42-58(61)68-63(81)40-36-56-54-30-16-18-32-65(54)83-72(56)68/h1-44H/i1D,2D,3D,4D,5D,6D,7D,8D,9D,10D,11D,12D,13D,14D,15D,20D,21D,22D,23D,24D,25D,26D,27D,28D,29D. The number of rotatable bonds is 8. The molecule has 17 aromatic rings. The van der Waals surface area contributed by atoms with Crippen molar-refractivity contribution in [2.45, 2.75) is 0 Å². The Morgan fingerprint density at radius 2 is 0.762 bits per heavy atom. The second kappa shape index (κ2) is 18.7. The third kappa shape index (κ3) is 7.23. The Morgan fingerprint density at radius 3 is 1.23 bits per heavy atom. The molecular formula is C76H44N6O2. The van der Waals surface area contributed by atoms with Gasteiger partial charge in [0, 0.05) is 54.6 Å². The monoisotopic (exact) mass is 1100 g/mol. The minimum Gasteiger partial charge on any atom is -0.455 e. The maximum atomic E-state index is 12.4. The second-order valence-corrected chi connectivity index (χ2v) is 19.5. The molecule has 84 heavy (non-hydrogen) atoms. The molecule has 8 nitrogen and oxygen atoms in total. The summed E-state index contributed by atoms with van der Waals surface area (Å²) in [4.78, 5) is 14.4. The maximum Gasteiger partial charge on any atom is 0.166 e. The molecule has 0 aliphatic carbocycles. The van der Waals surface area contributed by atoms with E-state index in [1.165, 1.54) is 24.3 Å². The highest BCUT2D eigenvalue weighted by atomic mass is 16.3. The number of para-hydroxylation sites is 2. The first kappa shape index (κ1) is 28.7. The van der Waals surface area contributed by atoms with E-state index < -0.39 is 202 Å². The fourth-order valence-corrected chi connectivity index (χ4v) is 11.6. The van der Waals surface area contributed by atoms with Crippen molar-refractivity contribution in [3.05, 3.63) is 272 Å². The molecule has 5 heterocycles. The molecule has 0 bridgehead atoms. The third-order valence-electron chi connectivity index (χ3n) is 15.0. The molecule has 0 aliphatic heterocycles. The number of nitriles is 1. The van der Waals surface area contributed by atoms with Crippen LogP contribution in [-0.4, -0.2) is 24.1 Å². The molecule has 0 N–H and O–H groups in total. The largest absolute Gasteiger partial charge is 0.455 e. The number of hydrogen-bond acceptors (Lipinski definition) is 6. The minimum atomic E-state index is -0.896. The van der Waals surface area contributed by atoms with Gasteiger partial charge in [-0.05, 0) is 94.5 Å². The molecule has 0 saturated heterocycles. The first-order chi connectivity index (χ1) is 52.0. The third-order valence-corrected chi connectivity index (χ3v) is 15.0. The Hall–Kier alpha value is -11.7. The summed E-state index contributed by atoms with van der Waals surface area (Å²) in [5, 5.41) is 15.8. The molecule has 0 atom stereocenters. The topological polar surface area (TPSA) is 98.6 Å². The molecule has 0 spiro atoms. The van der Waals surface area contributed by atoms with Gasteiger partial charge in [-0.15, -0.1) is 0 Å². The highest BCUT2D eigenvalue weighted by Crippen LogP contribution is 2.51. The van der Waals surface area contributed by atoms with E-state index in [4.69, 9.17) is 36.6 Å². The Kier molecular flexibility index (Phi) is 6.38. The average molecular weight is 1100 g/mol. The molecule has 0 aliphatic rings. The molecule has 12 aromatic carbocycles. The number of fused-ring (bicyclic) bond motifs is 14. The lowest BCUT2D eigenvalue weighted by atomic mass is 9.93. The van der Waals surface area contributed by atoms with Crippen LogP contribution in [0, 0.1) is 11.3 Å². The molecular weight excluding hydrogens is 1030 g/mol. The summed E-state index contributed by atoms with van der Waals surface area (Å²) < 4.78 is 245. The van der Waals surface area contributed by atoms with Gasteiger partial charge in [0.25, 0.3) is 0 Å². The number of furan rings is 2. The number of nitrogens with zero attached hydrogens (tertiary/aromatic N) is 6. The van der Waals surface area contributed by atoms with Crippen molar-refractivity contribution in [1.29, 1.82) is 5.26 Å². The zero-order valence-corrected chi connectivity index (χ0v) is 43.0. The zero-order chi connectivity index (χ0) is 77.2. The Labute approximate surface area is 515 Å². The van der Waals surface area contributed by atoms with Crippen LogP contribution in [0.5, 0.6) is 0 Å². The normalized spacial score (nSPS) is 16.0. The Bertz CT molecular complexity index is 6930. The van der Waals surface area contributed by atoms with Crippen molar-refractivity contribution in [3.8, 4) is 85.0 Å². The van der Waals surface area contributed by atoms with Gasteiger partial charge in [-0.2, -0.15) is 5.26 Å². The summed E-state index contributed by atoms with van der Waals surface area (Å²) in [5.41, 5.74) is -2.26. The van der Waals surface area contributed by atoms with Gasteiger partial charge in [0.1, 0.15) is 28.4 Å². The van der Waals surface area contributed by atoms with Gasteiger partial charge in [0.2, 0.25) is 0 Å². The van der Waals surface area contributed by atoms with E-state index in [1.807, 2.05) is 12.1 Å². The van der Waals surface area contributed by atoms with E-state index in [0.29, 0.717) is 32.7 Å². The zero-order valence-electron chi connectivity index (χ0n) is 68.0. The van der Waals surface area contributed by atoms with E-state index in [1.54, 1.807) is 88.0 Å². The summed E-state index contributed by atoms with van der Waals surface area (Å²) in [6, 6.07) is 14.4. The van der Waals surface area contributed by atoms with Crippen LogP contribution in [0.1, 0.15) is 39.8 Å². The number of benzene rings is 12. The van der Waals surface area contributed by atoms with Crippen molar-refractivity contribution in [2.75, 3.05) is 0 Å². The van der Waals surface area contributed by atoms with Crippen LogP contribution in [0.4, 0.5) is 0 Å². The van der Waals surface area contributed by atoms with Crippen LogP contribution in [-0.2, 0) is 0 Å². The first-order valence-electron chi connectivity index (χ1n) is 38.5. The summed E-state index contributed by atoms with van der Waals surface area (Å²) >= 11 is 0. The van der Waals surface area contributed by atoms with Crippen LogP contribution >= 0.6 is 0 Å². The van der Waals surface area contributed by atoms with Crippen LogP contribution in [0.25, 0.3) is 166 Å². The minimum absolute atomic E-state index is 0.0809. The SMILES string of the molecule is [2H]c1c([2H])c([2H])c(-c2ccc3c(c2)c2c4oc5ccccc5c4ccc2n3-c2c(C#N)cc(-c3nc(-c4c([2H])c([2H])c([2H])c([2H])c4[2H])nc(-c4c([2H])c([2H])c([2H])c([2H])c4[2H])n3)c(-n3c4ccc(-c5c([2H])c([2H])c([2H])c([2H])c5[2H])cc4c4c5oc6ccccc6c5ccc43)c2-c2c([2H])c([2H])c([2H])c([2H])c2[2H])c([2H])c1[2H]. The number of hydrogen-bond donors (Lipinski definition) is 0. The van der Waals surface area contributed by atoms with Gasteiger partial charge in [-0.3, -0.25) is 0 Å². The predicted octanol–water partition coefficient (Wildman–Crippen LogP) is 19.7. The maximum absolute atomic E-state index is 12.4. The molecule has 0 amide bonds. The van der Waals surface area contributed by atoms with Gasteiger partial charge < -0.3 is 18.0 Å². The van der Waals surface area contributed by atoms with E-state index in [2.05, 4.69) is 11.1 Å².